The largest absolute Gasteiger partial charge is 0.490 e. The molecule has 0 N–H and O–H groups in total. The minimum absolute atomic E-state index is 0.0765. The van der Waals surface area contributed by atoms with Crippen LogP contribution in [-0.2, 0) is 4.79 Å². The van der Waals surface area contributed by atoms with Crippen LogP contribution < -0.4 is 9.47 Å². The fourth-order valence-corrected chi connectivity index (χ4v) is 2.15. The molecule has 0 bridgehead atoms. The van der Waals surface area contributed by atoms with Crippen molar-refractivity contribution in [3.8, 4) is 11.5 Å². The molecule has 0 saturated carbocycles. The number of alkyl halides is 1. The number of carbonyl (C=O) groups is 1. The highest BCUT2D eigenvalue weighted by atomic mass is 35.5. The zero-order chi connectivity index (χ0) is 15.7. The van der Waals surface area contributed by atoms with Crippen LogP contribution in [0.25, 0.3) is 0 Å². The summed E-state index contributed by atoms with van der Waals surface area (Å²) in [5, 5.41) is -0.636. The number of Topliss-reactive ketones (excluding diaryl/α,β-unsaturated/α-hetero) is 1. The van der Waals surface area contributed by atoms with Gasteiger partial charge in [-0.15, -0.1) is 11.6 Å². The third kappa shape index (κ3) is 5.96. The number of carbonyl (C=O) groups excluding carboxylic acids is 1. The average molecular weight is 313 g/mol. The van der Waals surface area contributed by atoms with Crippen molar-refractivity contribution >= 4 is 17.4 Å². The zero-order valence-electron chi connectivity index (χ0n) is 13.2. The normalized spacial score (nSPS) is 12.0. The molecule has 0 saturated heterocycles. The monoisotopic (exact) mass is 312 g/mol. The molecule has 1 aromatic rings. The second kappa shape index (κ2) is 9.67. The van der Waals surface area contributed by atoms with E-state index in [4.69, 9.17) is 21.1 Å². The number of halogens is 1. The topological polar surface area (TPSA) is 35.5 Å². The summed E-state index contributed by atoms with van der Waals surface area (Å²) < 4.78 is 11.4. The van der Waals surface area contributed by atoms with Gasteiger partial charge >= 0.3 is 0 Å². The Hall–Kier alpha value is -1.22. The van der Waals surface area contributed by atoms with Gasteiger partial charge in [-0.1, -0.05) is 32.3 Å². The van der Waals surface area contributed by atoms with Crippen molar-refractivity contribution in [2.75, 3.05) is 13.2 Å². The Morgan fingerprint density at radius 3 is 2.52 bits per heavy atom. The molecule has 118 valence electrons. The number of hydrogen-bond donors (Lipinski definition) is 0. The lowest BCUT2D eigenvalue weighted by Crippen LogP contribution is -2.05. The summed E-state index contributed by atoms with van der Waals surface area (Å²) in [5.74, 6) is 1.29. The lowest BCUT2D eigenvalue weighted by molar-refractivity contribution is -0.116. The second-order valence-corrected chi connectivity index (χ2v) is 5.46. The van der Waals surface area contributed by atoms with Crippen molar-refractivity contribution in [3.63, 3.8) is 0 Å². The van der Waals surface area contributed by atoms with Crippen LogP contribution in [0.1, 0.15) is 57.4 Å². The van der Waals surface area contributed by atoms with Crippen LogP contribution in [0.5, 0.6) is 11.5 Å². The molecule has 0 fully saturated rings. The van der Waals surface area contributed by atoms with E-state index in [2.05, 4.69) is 6.92 Å². The molecule has 0 amide bonds. The quantitative estimate of drug-likeness (QED) is 0.454. The molecule has 3 nitrogen and oxygen atoms in total. The first-order valence-corrected chi connectivity index (χ1v) is 8.07. The van der Waals surface area contributed by atoms with E-state index in [-0.39, 0.29) is 5.78 Å². The van der Waals surface area contributed by atoms with Crippen molar-refractivity contribution in [1.82, 2.24) is 0 Å². The molecular weight excluding hydrogens is 288 g/mol. The van der Waals surface area contributed by atoms with E-state index in [1.807, 2.05) is 19.1 Å². The van der Waals surface area contributed by atoms with Gasteiger partial charge < -0.3 is 9.47 Å². The lowest BCUT2D eigenvalue weighted by atomic mass is 10.1. The minimum atomic E-state index is -0.636. The first kappa shape index (κ1) is 17.8. The molecule has 0 aliphatic carbocycles. The lowest BCUT2D eigenvalue weighted by Gasteiger charge is -2.14. The maximum absolute atomic E-state index is 11.4. The summed E-state index contributed by atoms with van der Waals surface area (Å²) >= 11 is 6.08. The molecule has 1 rings (SSSR count). The Kier molecular flexibility index (Phi) is 8.21. The van der Waals surface area contributed by atoms with E-state index in [0.29, 0.717) is 24.7 Å². The van der Waals surface area contributed by atoms with Gasteiger partial charge in [-0.05, 0) is 38.0 Å². The maximum atomic E-state index is 11.4. The fourth-order valence-electron chi connectivity index (χ4n) is 2.02. The van der Waals surface area contributed by atoms with Crippen LogP contribution in [0.3, 0.4) is 0 Å². The van der Waals surface area contributed by atoms with Gasteiger partial charge in [0.25, 0.3) is 0 Å². The number of benzene rings is 1. The maximum Gasteiger partial charge on any atom is 0.161 e. The zero-order valence-corrected chi connectivity index (χ0v) is 13.9. The summed E-state index contributed by atoms with van der Waals surface area (Å²) in [5.41, 5.74) is 0.742. The molecule has 0 heterocycles. The summed E-state index contributed by atoms with van der Waals surface area (Å²) in [6.07, 6.45) is 4.65. The van der Waals surface area contributed by atoms with E-state index < -0.39 is 5.38 Å². The summed E-state index contributed by atoms with van der Waals surface area (Å²) in [4.78, 5) is 11.4. The number of unbranched alkanes of at least 4 members (excludes halogenated alkanes) is 3. The van der Waals surface area contributed by atoms with Gasteiger partial charge in [-0.25, -0.2) is 0 Å². The van der Waals surface area contributed by atoms with E-state index >= 15 is 0 Å². The number of rotatable bonds is 10. The Labute approximate surface area is 132 Å². The summed E-state index contributed by atoms with van der Waals surface area (Å²) in [6.45, 7) is 6.81. The number of ether oxygens (including phenoxy) is 2. The molecule has 0 spiro atoms. The Balaban J connectivity index is 2.72. The molecule has 0 aliphatic rings. The summed E-state index contributed by atoms with van der Waals surface area (Å²) in [6, 6.07) is 5.45. The Morgan fingerprint density at radius 1 is 1.14 bits per heavy atom. The average Bonchev–Trinajstić information content (AvgIpc) is 2.47. The predicted molar refractivity (Wildman–Crippen MR) is 86.5 cm³/mol. The molecule has 0 radical (unpaired) electrons. The SMILES string of the molecule is CCCCCCOc1ccc(C(Cl)C(C)=O)cc1OCC. The van der Waals surface area contributed by atoms with Gasteiger partial charge in [-0.2, -0.15) is 0 Å². The van der Waals surface area contributed by atoms with Crippen LogP contribution in [0.15, 0.2) is 18.2 Å². The van der Waals surface area contributed by atoms with Gasteiger partial charge in [0.2, 0.25) is 0 Å². The smallest absolute Gasteiger partial charge is 0.161 e. The van der Waals surface area contributed by atoms with Crippen LogP contribution >= 0.6 is 11.6 Å². The molecule has 4 heteroatoms. The van der Waals surface area contributed by atoms with E-state index in [1.165, 1.54) is 26.2 Å². The van der Waals surface area contributed by atoms with Crippen LogP contribution in [0.4, 0.5) is 0 Å². The van der Waals surface area contributed by atoms with E-state index in [1.54, 1.807) is 6.07 Å². The highest BCUT2D eigenvalue weighted by Crippen LogP contribution is 2.33. The highest BCUT2D eigenvalue weighted by Gasteiger charge is 2.16. The van der Waals surface area contributed by atoms with Crippen LogP contribution in [0, 0.1) is 0 Å². The van der Waals surface area contributed by atoms with Gasteiger partial charge in [0.15, 0.2) is 17.3 Å². The van der Waals surface area contributed by atoms with Crippen molar-refractivity contribution in [2.45, 2.75) is 51.8 Å². The Bertz CT molecular complexity index is 446. The van der Waals surface area contributed by atoms with Crippen molar-refractivity contribution in [2.24, 2.45) is 0 Å². The van der Waals surface area contributed by atoms with Crippen LogP contribution in [0.2, 0.25) is 0 Å². The van der Waals surface area contributed by atoms with Gasteiger partial charge in [0.1, 0.15) is 5.38 Å². The highest BCUT2D eigenvalue weighted by molar-refractivity contribution is 6.30. The molecule has 1 atom stereocenters. The van der Waals surface area contributed by atoms with Gasteiger partial charge in [0.05, 0.1) is 13.2 Å². The molecule has 0 aliphatic heterocycles. The molecule has 0 aromatic heterocycles. The third-order valence-electron chi connectivity index (χ3n) is 3.17. The molecule has 1 aromatic carbocycles. The van der Waals surface area contributed by atoms with Crippen molar-refractivity contribution in [3.05, 3.63) is 23.8 Å². The first-order chi connectivity index (χ1) is 10.1. The van der Waals surface area contributed by atoms with E-state index in [9.17, 15) is 4.79 Å². The fraction of sp³-hybridized carbons (Fsp3) is 0.588. The molecule has 1 unspecified atom stereocenters. The Morgan fingerprint density at radius 2 is 1.90 bits per heavy atom. The molecule has 21 heavy (non-hydrogen) atoms. The second-order valence-electron chi connectivity index (χ2n) is 5.02. The van der Waals surface area contributed by atoms with E-state index in [0.717, 1.165) is 12.0 Å². The van der Waals surface area contributed by atoms with Crippen molar-refractivity contribution in [1.29, 1.82) is 0 Å². The summed E-state index contributed by atoms with van der Waals surface area (Å²) in [7, 11) is 0. The standard InChI is InChI=1S/C17H25ClO3/c1-4-6-7-8-11-21-15-10-9-14(17(18)13(3)19)12-16(15)20-5-2/h9-10,12,17H,4-8,11H2,1-3H3. The predicted octanol–water partition coefficient (Wildman–Crippen LogP) is 4.91. The van der Waals surface area contributed by atoms with Gasteiger partial charge in [0, 0.05) is 0 Å². The first-order valence-electron chi connectivity index (χ1n) is 7.64. The number of hydrogen-bond acceptors (Lipinski definition) is 3. The third-order valence-corrected chi connectivity index (χ3v) is 3.73. The molecular formula is C17H25ClO3. The van der Waals surface area contributed by atoms with Crippen molar-refractivity contribution < 1.29 is 14.3 Å². The van der Waals surface area contributed by atoms with Gasteiger partial charge in [-0.3, -0.25) is 4.79 Å². The van der Waals surface area contributed by atoms with Crippen LogP contribution in [-0.4, -0.2) is 19.0 Å². The minimum Gasteiger partial charge on any atom is -0.490 e. The number of ketones is 1.